The molecule has 0 radical (unpaired) electrons. The molecule has 31 heavy (non-hydrogen) atoms. The van der Waals surface area contributed by atoms with Crippen LogP contribution in [0.4, 0.5) is 11.4 Å². The van der Waals surface area contributed by atoms with Crippen molar-refractivity contribution in [3.8, 4) is 5.75 Å². The second kappa shape index (κ2) is 16.2. The second-order valence-corrected chi connectivity index (χ2v) is 5.34. The number of nitrogens with one attached hydrogen (secondary N) is 2. The molecule has 3 N–H and O–H groups in total. The zero-order valence-corrected chi connectivity index (χ0v) is 19.3. The van der Waals surface area contributed by atoms with Crippen molar-refractivity contribution in [3.63, 3.8) is 0 Å². The van der Waals surface area contributed by atoms with Gasteiger partial charge in [-0.25, -0.2) is 0 Å². The van der Waals surface area contributed by atoms with Gasteiger partial charge in [0.2, 0.25) is 0 Å². The van der Waals surface area contributed by atoms with Crippen molar-refractivity contribution in [1.82, 2.24) is 0 Å². The van der Waals surface area contributed by atoms with Crippen LogP contribution in [0.1, 0.15) is 62.3 Å². The van der Waals surface area contributed by atoms with Gasteiger partial charge in [-0.2, -0.15) is 0 Å². The van der Waals surface area contributed by atoms with Gasteiger partial charge in [0.15, 0.2) is 0 Å². The zero-order valence-electron chi connectivity index (χ0n) is 19.3. The number of hydrogen-bond donors (Lipinski definition) is 3. The number of aromatic hydroxyl groups is 1. The number of rotatable bonds is 4. The minimum atomic E-state index is -0.488. The average Bonchev–Trinajstić information content (AvgIpc) is 2.84. The van der Waals surface area contributed by atoms with Gasteiger partial charge in [-0.1, -0.05) is 84.0 Å². The first kappa shape index (κ1) is 27.4. The van der Waals surface area contributed by atoms with Crippen molar-refractivity contribution in [2.24, 2.45) is 0 Å². The molecule has 0 saturated heterocycles. The molecule has 0 unspecified atom stereocenters. The molecule has 0 aliphatic heterocycles. The average molecular weight is 423 g/mol. The van der Waals surface area contributed by atoms with E-state index < -0.39 is 11.8 Å². The third-order valence-electron chi connectivity index (χ3n) is 3.59. The first-order chi connectivity index (χ1) is 15.1. The van der Waals surface area contributed by atoms with Crippen molar-refractivity contribution < 1.29 is 14.7 Å². The molecule has 0 fully saturated rings. The summed E-state index contributed by atoms with van der Waals surface area (Å²) in [6.45, 7) is 12.0. The fourth-order valence-corrected chi connectivity index (χ4v) is 2.35. The van der Waals surface area contributed by atoms with Gasteiger partial charge in [0, 0.05) is 11.4 Å². The molecular formula is C26H34N2O3. The number of phenolic OH excluding ortho intramolecular Hbond substituents is 1. The molecule has 0 atom stereocenters. The highest BCUT2D eigenvalue weighted by Gasteiger charge is 2.18. The quantitative estimate of drug-likeness (QED) is 0.424. The van der Waals surface area contributed by atoms with Crippen LogP contribution in [0.5, 0.6) is 5.75 Å². The van der Waals surface area contributed by atoms with Gasteiger partial charge in [0.05, 0.1) is 11.1 Å². The molecule has 2 amide bonds. The summed E-state index contributed by atoms with van der Waals surface area (Å²) in [4.78, 5) is 24.7. The molecule has 5 heteroatoms. The van der Waals surface area contributed by atoms with Gasteiger partial charge in [-0.05, 0) is 36.4 Å². The molecule has 3 aromatic carbocycles. The molecule has 0 aromatic heterocycles. The minimum Gasteiger partial charge on any atom is -0.506 e. The zero-order chi connectivity index (χ0) is 23.6. The van der Waals surface area contributed by atoms with Gasteiger partial charge < -0.3 is 15.7 Å². The molecule has 166 valence electrons. The van der Waals surface area contributed by atoms with E-state index in [1.807, 2.05) is 53.7 Å². The number of benzene rings is 3. The molecule has 0 spiro atoms. The second-order valence-electron chi connectivity index (χ2n) is 5.34. The fraction of sp³-hybridized carbons (Fsp3) is 0.231. The predicted octanol–water partition coefficient (Wildman–Crippen LogP) is 6.98. The van der Waals surface area contributed by atoms with Crippen LogP contribution in [0, 0.1) is 0 Å². The van der Waals surface area contributed by atoms with Crippen LogP contribution in [0.2, 0.25) is 0 Å². The van der Waals surface area contributed by atoms with E-state index in [1.54, 1.807) is 54.6 Å². The number of para-hydroxylation sites is 3. The summed E-state index contributed by atoms with van der Waals surface area (Å²) in [6.07, 6.45) is 0. The van der Waals surface area contributed by atoms with E-state index in [4.69, 9.17) is 0 Å². The summed E-state index contributed by atoms with van der Waals surface area (Å²) in [5, 5.41) is 15.7. The summed E-state index contributed by atoms with van der Waals surface area (Å²) in [6, 6.07) is 22.3. The summed E-state index contributed by atoms with van der Waals surface area (Å²) in [5.41, 5.74) is 1.27. The first-order valence-electron chi connectivity index (χ1n) is 10.7. The third kappa shape index (κ3) is 8.74. The summed E-state index contributed by atoms with van der Waals surface area (Å²) >= 11 is 0. The Kier molecular flexibility index (Phi) is 14.3. The third-order valence-corrected chi connectivity index (χ3v) is 3.59. The molecule has 0 heterocycles. The van der Waals surface area contributed by atoms with Crippen LogP contribution in [-0.2, 0) is 0 Å². The Bertz CT molecular complexity index is 823. The van der Waals surface area contributed by atoms with Crippen molar-refractivity contribution in [2.45, 2.75) is 41.5 Å². The van der Waals surface area contributed by atoms with Gasteiger partial charge in [-0.15, -0.1) is 0 Å². The van der Waals surface area contributed by atoms with Gasteiger partial charge in [0.25, 0.3) is 11.8 Å². The summed E-state index contributed by atoms with van der Waals surface area (Å²) in [7, 11) is 0. The standard InChI is InChI=1S/C20H16N2O3.3C2H6/c23-18-16(19(24)21-14-8-3-1-4-9-14)12-7-13-17(18)20(25)22-15-10-5-2-6-11-15;3*1-2/h1-13,23H,(H,21,24)(H,22,25);3*1-2H3. The SMILES string of the molecule is CC.CC.CC.O=C(Nc1ccccc1)c1cccc(C(=O)Nc2ccccc2)c1O. The number of hydrogen-bond acceptors (Lipinski definition) is 3. The maximum atomic E-state index is 12.4. The van der Waals surface area contributed by atoms with Gasteiger partial charge >= 0.3 is 0 Å². The Hall–Kier alpha value is -3.60. The number of carbonyl (C=O) groups excluding carboxylic acids is 2. The normalized spacial score (nSPS) is 8.71. The van der Waals surface area contributed by atoms with Crippen LogP contribution in [0.25, 0.3) is 0 Å². The van der Waals surface area contributed by atoms with E-state index >= 15 is 0 Å². The molecule has 5 nitrogen and oxygen atoms in total. The van der Waals surface area contributed by atoms with Crippen LogP contribution >= 0.6 is 0 Å². The van der Waals surface area contributed by atoms with Crippen molar-refractivity contribution in [2.75, 3.05) is 10.6 Å². The van der Waals surface area contributed by atoms with Crippen LogP contribution in [0.3, 0.4) is 0 Å². The maximum absolute atomic E-state index is 12.4. The van der Waals surface area contributed by atoms with E-state index in [0.29, 0.717) is 11.4 Å². The number of anilines is 2. The lowest BCUT2D eigenvalue weighted by Gasteiger charge is -2.11. The fourth-order valence-electron chi connectivity index (χ4n) is 2.35. The number of carbonyl (C=O) groups is 2. The van der Waals surface area contributed by atoms with Crippen LogP contribution in [0.15, 0.2) is 78.9 Å². The smallest absolute Gasteiger partial charge is 0.259 e. The molecular weight excluding hydrogens is 388 g/mol. The molecule has 3 rings (SSSR count). The number of amides is 2. The van der Waals surface area contributed by atoms with E-state index in [0.717, 1.165) is 0 Å². The maximum Gasteiger partial charge on any atom is 0.259 e. The lowest BCUT2D eigenvalue weighted by atomic mass is 10.1. The Morgan fingerprint density at radius 1 is 0.548 bits per heavy atom. The Morgan fingerprint density at radius 2 is 0.871 bits per heavy atom. The van der Waals surface area contributed by atoms with Crippen molar-refractivity contribution in [1.29, 1.82) is 0 Å². The Balaban J connectivity index is 0.00000138. The molecule has 0 bridgehead atoms. The highest BCUT2D eigenvalue weighted by Crippen LogP contribution is 2.24. The van der Waals surface area contributed by atoms with E-state index in [2.05, 4.69) is 10.6 Å². The highest BCUT2D eigenvalue weighted by molar-refractivity contribution is 6.11. The Morgan fingerprint density at radius 3 is 1.19 bits per heavy atom. The topological polar surface area (TPSA) is 78.4 Å². The molecule has 0 saturated carbocycles. The predicted molar refractivity (Wildman–Crippen MR) is 131 cm³/mol. The monoisotopic (exact) mass is 422 g/mol. The van der Waals surface area contributed by atoms with E-state index in [9.17, 15) is 14.7 Å². The molecule has 3 aromatic rings. The van der Waals surface area contributed by atoms with Crippen molar-refractivity contribution >= 4 is 23.2 Å². The molecule has 0 aliphatic carbocycles. The van der Waals surface area contributed by atoms with Crippen LogP contribution < -0.4 is 10.6 Å². The lowest BCUT2D eigenvalue weighted by molar-refractivity contribution is 0.102. The van der Waals surface area contributed by atoms with Crippen LogP contribution in [-0.4, -0.2) is 16.9 Å². The number of phenols is 1. The van der Waals surface area contributed by atoms with Crippen molar-refractivity contribution in [3.05, 3.63) is 90.0 Å². The molecule has 0 aliphatic rings. The minimum absolute atomic E-state index is 0.0320. The van der Waals surface area contributed by atoms with E-state index in [-0.39, 0.29) is 16.9 Å². The Labute approximate surface area is 186 Å². The largest absolute Gasteiger partial charge is 0.506 e. The van der Waals surface area contributed by atoms with Gasteiger partial charge in [0.1, 0.15) is 5.75 Å². The van der Waals surface area contributed by atoms with E-state index in [1.165, 1.54) is 12.1 Å². The summed E-state index contributed by atoms with van der Waals surface area (Å²) in [5.74, 6) is -1.33. The lowest BCUT2D eigenvalue weighted by Crippen LogP contribution is -2.16. The summed E-state index contributed by atoms with van der Waals surface area (Å²) < 4.78 is 0. The van der Waals surface area contributed by atoms with Gasteiger partial charge in [-0.3, -0.25) is 9.59 Å². The highest BCUT2D eigenvalue weighted by atomic mass is 16.3. The first-order valence-corrected chi connectivity index (χ1v) is 10.7.